The average Bonchev–Trinajstić information content (AvgIpc) is 2.78. The molecule has 2 aliphatic carbocycles. The van der Waals surface area contributed by atoms with Crippen molar-refractivity contribution in [2.24, 2.45) is 11.8 Å². The number of likely N-dealkylation sites (tertiary alicyclic amines) is 1. The number of aromatic nitrogens is 2. The summed E-state index contributed by atoms with van der Waals surface area (Å²) in [6.45, 7) is 2.64. The average molecular weight is 451 g/mol. The van der Waals surface area contributed by atoms with Gasteiger partial charge in [0, 0.05) is 31.7 Å². The van der Waals surface area contributed by atoms with Crippen molar-refractivity contribution >= 4 is 22.8 Å². The van der Waals surface area contributed by atoms with Gasteiger partial charge < -0.3 is 19.5 Å². The number of carbonyl (C=O) groups is 1. The smallest absolute Gasteiger partial charge is 0.326 e. The molecule has 7 heteroatoms. The molecule has 4 atom stereocenters. The number of carboxylic acids is 1. The quantitative estimate of drug-likeness (QED) is 0.766. The molecule has 4 fully saturated rings. The maximum Gasteiger partial charge on any atom is 0.326 e. The Balaban J connectivity index is 1.26. The van der Waals surface area contributed by atoms with Gasteiger partial charge in [-0.25, -0.2) is 9.78 Å². The van der Waals surface area contributed by atoms with Crippen LogP contribution in [0.3, 0.4) is 0 Å². The summed E-state index contributed by atoms with van der Waals surface area (Å²) < 4.78 is 1.93. The summed E-state index contributed by atoms with van der Waals surface area (Å²) in [7, 11) is 0. The van der Waals surface area contributed by atoms with Crippen LogP contribution in [-0.2, 0) is 4.79 Å². The summed E-state index contributed by atoms with van der Waals surface area (Å²) in [6.07, 6.45) is 10.9. The molecule has 6 rings (SSSR count). The standard InChI is InChI=1S/C26H34N4O3/c31-25-24(29-13-10-23(29)26(32)33)27-21-6-1-2-7-22(21)30(25)19-8-11-28(12-9-19)20-15-17-4-3-5-18(14-17)16-20/h1-2,6-7,17-20,23H,3-5,8-16H2,(H,32,33)/t17-,18+,20+,23-/m0/s1. The monoisotopic (exact) mass is 450 g/mol. The minimum absolute atomic E-state index is 0.132. The molecule has 0 radical (unpaired) electrons. The Hall–Kier alpha value is -2.41. The molecular formula is C26H34N4O3. The summed E-state index contributed by atoms with van der Waals surface area (Å²) >= 11 is 0. The molecule has 2 saturated carbocycles. The number of fused-ring (bicyclic) bond motifs is 3. The molecule has 2 aliphatic heterocycles. The molecule has 176 valence electrons. The van der Waals surface area contributed by atoms with E-state index in [1.165, 1.54) is 38.5 Å². The van der Waals surface area contributed by atoms with Crippen LogP contribution >= 0.6 is 0 Å². The van der Waals surface area contributed by atoms with Crippen molar-refractivity contribution in [2.45, 2.75) is 75.9 Å². The van der Waals surface area contributed by atoms with Gasteiger partial charge in [-0.1, -0.05) is 31.4 Å². The van der Waals surface area contributed by atoms with E-state index in [0.29, 0.717) is 24.8 Å². The minimum Gasteiger partial charge on any atom is -0.480 e. The Kier molecular flexibility index (Phi) is 5.40. The van der Waals surface area contributed by atoms with Crippen molar-refractivity contribution in [3.8, 4) is 0 Å². The molecule has 33 heavy (non-hydrogen) atoms. The Bertz CT molecular complexity index is 1090. The second-order valence-corrected chi connectivity index (χ2v) is 10.7. The molecule has 1 aromatic heterocycles. The Morgan fingerprint density at radius 2 is 1.64 bits per heavy atom. The van der Waals surface area contributed by atoms with Gasteiger partial charge in [-0.2, -0.15) is 0 Å². The van der Waals surface area contributed by atoms with Crippen LogP contribution in [0.2, 0.25) is 0 Å². The van der Waals surface area contributed by atoms with E-state index in [4.69, 9.17) is 0 Å². The van der Waals surface area contributed by atoms with Gasteiger partial charge in [0.15, 0.2) is 5.82 Å². The lowest BCUT2D eigenvalue weighted by molar-refractivity contribution is -0.140. The van der Waals surface area contributed by atoms with Crippen molar-refractivity contribution in [1.82, 2.24) is 14.5 Å². The van der Waals surface area contributed by atoms with E-state index in [1.807, 2.05) is 28.8 Å². The molecule has 1 N–H and O–H groups in total. The van der Waals surface area contributed by atoms with Crippen molar-refractivity contribution in [3.63, 3.8) is 0 Å². The topological polar surface area (TPSA) is 78.7 Å². The lowest BCUT2D eigenvalue weighted by Gasteiger charge is -2.46. The van der Waals surface area contributed by atoms with Gasteiger partial charge in [-0.05, 0) is 62.5 Å². The number of piperidine rings is 1. The van der Waals surface area contributed by atoms with Crippen LogP contribution in [0.4, 0.5) is 5.82 Å². The highest BCUT2D eigenvalue weighted by Gasteiger charge is 2.39. The van der Waals surface area contributed by atoms with Crippen LogP contribution in [0.25, 0.3) is 11.0 Å². The summed E-state index contributed by atoms with van der Waals surface area (Å²) in [4.78, 5) is 34.2. The number of anilines is 1. The third-order valence-corrected chi connectivity index (χ3v) is 8.84. The molecule has 3 heterocycles. The van der Waals surface area contributed by atoms with Gasteiger partial charge in [0.1, 0.15) is 6.04 Å². The zero-order chi connectivity index (χ0) is 22.5. The molecule has 2 aromatic rings. The van der Waals surface area contributed by atoms with Crippen LogP contribution in [-0.4, -0.2) is 57.2 Å². The highest BCUT2D eigenvalue weighted by atomic mass is 16.4. The molecule has 0 unspecified atom stereocenters. The van der Waals surface area contributed by atoms with E-state index in [1.54, 1.807) is 4.90 Å². The maximum absolute atomic E-state index is 13.7. The van der Waals surface area contributed by atoms with E-state index in [-0.39, 0.29) is 11.6 Å². The molecule has 7 nitrogen and oxygen atoms in total. The van der Waals surface area contributed by atoms with Crippen LogP contribution in [0.15, 0.2) is 29.1 Å². The first-order valence-corrected chi connectivity index (χ1v) is 12.8. The van der Waals surface area contributed by atoms with Crippen LogP contribution in [0.5, 0.6) is 0 Å². The van der Waals surface area contributed by atoms with Gasteiger partial charge >= 0.3 is 5.97 Å². The first kappa shape index (κ1) is 21.1. The molecule has 0 spiro atoms. The number of nitrogens with zero attached hydrogens (tertiary/aromatic N) is 4. The van der Waals surface area contributed by atoms with Gasteiger partial charge in [-0.15, -0.1) is 0 Å². The number of carboxylic acid groups (broad SMARTS) is 1. The summed E-state index contributed by atoms with van der Waals surface area (Å²) in [6, 6.07) is 8.00. The predicted molar refractivity (Wildman–Crippen MR) is 128 cm³/mol. The third-order valence-electron chi connectivity index (χ3n) is 8.84. The van der Waals surface area contributed by atoms with E-state index >= 15 is 0 Å². The fraction of sp³-hybridized carbons (Fsp3) is 0.654. The van der Waals surface area contributed by atoms with Crippen molar-refractivity contribution in [1.29, 1.82) is 0 Å². The van der Waals surface area contributed by atoms with Crippen LogP contribution in [0, 0.1) is 11.8 Å². The molecular weight excluding hydrogens is 416 g/mol. The Morgan fingerprint density at radius 1 is 0.909 bits per heavy atom. The number of aliphatic carboxylic acids is 1. The highest BCUT2D eigenvalue weighted by Crippen LogP contribution is 2.42. The van der Waals surface area contributed by atoms with Crippen LogP contribution in [0.1, 0.15) is 63.8 Å². The fourth-order valence-electron chi connectivity index (χ4n) is 7.09. The van der Waals surface area contributed by atoms with Gasteiger partial charge in [0.2, 0.25) is 0 Å². The largest absolute Gasteiger partial charge is 0.480 e. The maximum atomic E-state index is 13.7. The summed E-state index contributed by atoms with van der Waals surface area (Å²) in [5, 5.41) is 9.52. The molecule has 2 saturated heterocycles. The number of benzene rings is 1. The minimum atomic E-state index is -0.882. The lowest BCUT2D eigenvalue weighted by Crippen LogP contribution is -2.55. The molecule has 1 aromatic carbocycles. The van der Waals surface area contributed by atoms with E-state index in [9.17, 15) is 14.7 Å². The fourth-order valence-corrected chi connectivity index (χ4v) is 7.09. The van der Waals surface area contributed by atoms with Gasteiger partial charge in [-0.3, -0.25) is 4.79 Å². The number of hydrogen-bond donors (Lipinski definition) is 1. The second-order valence-electron chi connectivity index (χ2n) is 10.7. The molecule has 2 bridgehead atoms. The lowest BCUT2D eigenvalue weighted by atomic mass is 9.70. The van der Waals surface area contributed by atoms with Gasteiger partial charge in [0.05, 0.1) is 11.0 Å². The number of para-hydroxylation sites is 2. The number of rotatable bonds is 4. The summed E-state index contributed by atoms with van der Waals surface area (Å²) in [5.74, 6) is 1.27. The normalized spacial score (nSPS) is 30.8. The van der Waals surface area contributed by atoms with E-state index in [2.05, 4.69) is 9.88 Å². The first-order chi connectivity index (χ1) is 16.1. The van der Waals surface area contributed by atoms with E-state index in [0.717, 1.165) is 48.8 Å². The van der Waals surface area contributed by atoms with Crippen molar-refractivity contribution in [3.05, 3.63) is 34.6 Å². The second kappa shape index (κ2) is 8.42. The SMILES string of the molecule is O=C(O)[C@@H]1CCN1c1nc2ccccc2n(C2CCN([C@H]3C[C@@H]4CCC[C@@H](C4)C3)CC2)c1=O. The Morgan fingerprint density at radius 3 is 2.30 bits per heavy atom. The molecule has 4 aliphatic rings. The van der Waals surface area contributed by atoms with Crippen molar-refractivity contribution < 1.29 is 9.90 Å². The zero-order valence-electron chi connectivity index (χ0n) is 19.2. The van der Waals surface area contributed by atoms with Crippen molar-refractivity contribution in [2.75, 3.05) is 24.5 Å². The molecule has 0 amide bonds. The summed E-state index contributed by atoms with van der Waals surface area (Å²) in [5.41, 5.74) is 1.50. The Labute approximate surface area is 194 Å². The highest BCUT2D eigenvalue weighted by molar-refractivity contribution is 5.81. The van der Waals surface area contributed by atoms with Crippen LogP contribution < -0.4 is 10.5 Å². The van der Waals surface area contributed by atoms with Gasteiger partial charge in [0.25, 0.3) is 5.56 Å². The number of hydrogen-bond acceptors (Lipinski definition) is 5. The zero-order valence-corrected chi connectivity index (χ0v) is 19.2. The third kappa shape index (κ3) is 3.74. The van der Waals surface area contributed by atoms with E-state index < -0.39 is 12.0 Å². The first-order valence-electron chi connectivity index (χ1n) is 12.8. The predicted octanol–water partition coefficient (Wildman–Crippen LogP) is 3.67.